The molecule has 168 valence electrons. The van der Waals surface area contributed by atoms with E-state index in [1.54, 1.807) is 6.26 Å². The Morgan fingerprint density at radius 3 is 2.53 bits per heavy atom. The third-order valence-electron chi connectivity index (χ3n) is 4.40. The lowest BCUT2D eigenvalue weighted by Crippen LogP contribution is -2.32. The fraction of sp³-hybridized carbons (Fsp3) is 0.280. The van der Waals surface area contributed by atoms with Crippen LogP contribution in [0.3, 0.4) is 0 Å². The van der Waals surface area contributed by atoms with Gasteiger partial charge in [0.1, 0.15) is 11.5 Å². The summed E-state index contributed by atoms with van der Waals surface area (Å²) in [7, 11) is 0. The number of guanidine groups is 1. The zero-order valence-electron chi connectivity index (χ0n) is 18.7. The Morgan fingerprint density at radius 2 is 1.84 bits per heavy atom. The Morgan fingerprint density at radius 1 is 1.03 bits per heavy atom. The standard InChI is InChI=1S/C25H30N4O3/c1-18(2)32-24-11-9-21(10-12-24)29-25(26-14-13-23-8-5-15-31-23)27-17-20-6-4-7-22(16-20)28-19(3)30/h4-12,15-16,18H,13-14,17H2,1-3H3,(H,28,30)(H2,26,27,29). The van der Waals surface area contributed by atoms with Crippen molar-refractivity contribution in [3.8, 4) is 5.75 Å². The van der Waals surface area contributed by atoms with E-state index in [-0.39, 0.29) is 12.0 Å². The number of nitrogens with one attached hydrogen (secondary N) is 3. The predicted octanol–water partition coefficient (Wildman–Crippen LogP) is 4.83. The van der Waals surface area contributed by atoms with Gasteiger partial charge in [-0.05, 0) is 67.9 Å². The van der Waals surface area contributed by atoms with E-state index in [2.05, 4.69) is 16.0 Å². The van der Waals surface area contributed by atoms with Crippen LogP contribution in [0.5, 0.6) is 5.75 Å². The van der Waals surface area contributed by atoms with Crippen molar-refractivity contribution in [2.24, 2.45) is 4.99 Å². The van der Waals surface area contributed by atoms with Gasteiger partial charge >= 0.3 is 0 Å². The molecule has 0 saturated carbocycles. The van der Waals surface area contributed by atoms with Crippen molar-refractivity contribution < 1.29 is 13.9 Å². The van der Waals surface area contributed by atoms with Gasteiger partial charge in [0.15, 0.2) is 5.96 Å². The molecule has 3 N–H and O–H groups in total. The van der Waals surface area contributed by atoms with Gasteiger partial charge in [0.2, 0.25) is 5.91 Å². The van der Waals surface area contributed by atoms with Crippen molar-refractivity contribution in [2.45, 2.75) is 39.8 Å². The van der Waals surface area contributed by atoms with Gasteiger partial charge in [0, 0.05) is 31.3 Å². The molecule has 0 aliphatic heterocycles. The van der Waals surface area contributed by atoms with Gasteiger partial charge in [-0.15, -0.1) is 0 Å². The van der Waals surface area contributed by atoms with Gasteiger partial charge in [0.05, 0.1) is 18.9 Å². The minimum atomic E-state index is -0.0995. The van der Waals surface area contributed by atoms with Crippen LogP contribution < -0.4 is 20.7 Å². The maximum Gasteiger partial charge on any atom is 0.221 e. The lowest BCUT2D eigenvalue weighted by atomic mass is 10.2. The number of hydrogen-bond acceptors (Lipinski definition) is 4. The number of hydrogen-bond donors (Lipinski definition) is 3. The highest BCUT2D eigenvalue weighted by Gasteiger charge is 2.04. The summed E-state index contributed by atoms with van der Waals surface area (Å²) in [4.78, 5) is 16.0. The van der Waals surface area contributed by atoms with E-state index < -0.39 is 0 Å². The molecule has 2 aromatic carbocycles. The number of rotatable bonds is 9. The number of amides is 1. The minimum Gasteiger partial charge on any atom is -0.491 e. The molecule has 1 amide bonds. The van der Waals surface area contributed by atoms with Crippen LogP contribution in [0.1, 0.15) is 32.1 Å². The molecule has 0 aliphatic carbocycles. The second-order valence-corrected chi connectivity index (χ2v) is 7.62. The number of benzene rings is 2. The summed E-state index contributed by atoms with van der Waals surface area (Å²) in [6, 6.07) is 19.3. The second kappa shape index (κ2) is 11.6. The average molecular weight is 435 g/mol. The SMILES string of the molecule is CC(=O)Nc1cccc(CN=C(NCCc2ccco2)Nc2ccc(OC(C)C)cc2)c1. The molecule has 3 rings (SSSR count). The highest BCUT2D eigenvalue weighted by molar-refractivity contribution is 5.93. The summed E-state index contributed by atoms with van der Waals surface area (Å²) in [5, 5.41) is 9.49. The van der Waals surface area contributed by atoms with Gasteiger partial charge < -0.3 is 25.1 Å². The van der Waals surface area contributed by atoms with Gasteiger partial charge in [-0.2, -0.15) is 0 Å². The van der Waals surface area contributed by atoms with Gasteiger partial charge in [-0.3, -0.25) is 4.79 Å². The molecule has 3 aromatic rings. The van der Waals surface area contributed by atoms with Gasteiger partial charge in [-0.25, -0.2) is 4.99 Å². The zero-order chi connectivity index (χ0) is 22.8. The summed E-state index contributed by atoms with van der Waals surface area (Å²) >= 11 is 0. The maximum atomic E-state index is 11.3. The molecule has 0 spiro atoms. The van der Waals surface area contributed by atoms with Crippen molar-refractivity contribution >= 4 is 23.2 Å². The largest absolute Gasteiger partial charge is 0.491 e. The summed E-state index contributed by atoms with van der Waals surface area (Å²) in [5.41, 5.74) is 2.65. The Labute approximate surface area is 188 Å². The molecule has 0 saturated heterocycles. The molecular weight excluding hydrogens is 404 g/mol. The van der Waals surface area contributed by atoms with Gasteiger partial charge in [-0.1, -0.05) is 12.1 Å². The minimum absolute atomic E-state index is 0.0995. The van der Waals surface area contributed by atoms with Crippen LogP contribution in [0.15, 0.2) is 76.3 Å². The van der Waals surface area contributed by atoms with Crippen LogP contribution in [-0.4, -0.2) is 24.5 Å². The summed E-state index contributed by atoms with van der Waals surface area (Å²) in [6.45, 7) is 6.62. The van der Waals surface area contributed by atoms with Gasteiger partial charge in [0.25, 0.3) is 0 Å². The normalized spacial score (nSPS) is 11.3. The molecule has 32 heavy (non-hydrogen) atoms. The van der Waals surface area contributed by atoms with Crippen molar-refractivity contribution in [1.29, 1.82) is 0 Å². The first kappa shape index (κ1) is 22.9. The third kappa shape index (κ3) is 7.83. The zero-order valence-corrected chi connectivity index (χ0v) is 18.7. The van der Waals surface area contributed by atoms with Crippen molar-refractivity contribution in [3.63, 3.8) is 0 Å². The quantitative estimate of drug-likeness (QED) is 0.332. The van der Waals surface area contributed by atoms with E-state index in [0.717, 1.165) is 34.9 Å². The Kier molecular flexibility index (Phi) is 8.31. The number of furan rings is 1. The van der Waals surface area contributed by atoms with E-state index >= 15 is 0 Å². The molecule has 0 bridgehead atoms. The van der Waals surface area contributed by atoms with E-state index in [1.165, 1.54) is 6.92 Å². The fourth-order valence-electron chi connectivity index (χ4n) is 3.05. The molecule has 0 radical (unpaired) electrons. The van der Waals surface area contributed by atoms with Crippen LogP contribution in [0.4, 0.5) is 11.4 Å². The Balaban J connectivity index is 1.68. The predicted molar refractivity (Wildman–Crippen MR) is 128 cm³/mol. The molecule has 1 aromatic heterocycles. The molecule has 0 unspecified atom stereocenters. The van der Waals surface area contributed by atoms with E-state index in [9.17, 15) is 4.79 Å². The fourth-order valence-corrected chi connectivity index (χ4v) is 3.05. The number of nitrogens with zero attached hydrogens (tertiary/aromatic N) is 1. The van der Waals surface area contributed by atoms with E-state index in [0.29, 0.717) is 19.0 Å². The molecule has 0 fully saturated rings. The van der Waals surface area contributed by atoms with Crippen molar-refractivity contribution in [2.75, 3.05) is 17.2 Å². The number of carbonyl (C=O) groups is 1. The van der Waals surface area contributed by atoms with Crippen LogP contribution >= 0.6 is 0 Å². The average Bonchev–Trinajstić information content (AvgIpc) is 3.26. The number of carbonyl (C=O) groups excluding carboxylic acids is 1. The molecule has 1 heterocycles. The smallest absolute Gasteiger partial charge is 0.221 e. The number of ether oxygens (including phenoxy) is 1. The lowest BCUT2D eigenvalue weighted by Gasteiger charge is -2.14. The maximum absolute atomic E-state index is 11.3. The van der Waals surface area contributed by atoms with Crippen LogP contribution in [0, 0.1) is 0 Å². The summed E-state index contributed by atoms with van der Waals surface area (Å²) < 4.78 is 11.1. The van der Waals surface area contributed by atoms with Crippen molar-refractivity contribution in [1.82, 2.24) is 5.32 Å². The number of aliphatic imine (C=N–C) groups is 1. The Bertz CT molecular complexity index is 1010. The summed E-state index contributed by atoms with van der Waals surface area (Å²) in [5.74, 6) is 2.29. The molecule has 0 aliphatic rings. The third-order valence-corrected chi connectivity index (χ3v) is 4.40. The molecule has 0 atom stereocenters. The van der Waals surface area contributed by atoms with Crippen LogP contribution in [-0.2, 0) is 17.8 Å². The number of anilines is 2. The topological polar surface area (TPSA) is 87.9 Å². The van der Waals surface area contributed by atoms with E-state index in [4.69, 9.17) is 14.1 Å². The lowest BCUT2D eigenvalue weighted by molar-refractivity contribution is -0.114. The van der Waals surface area contributed by atoms with Crippen LogP contribution in [0.25, 0.3) is 0 Å². The molecule has 7 nitrogen and oxygen atoms in total. The summed E-state index contributed by atoms with van der Waals surface area (Å²) in [6.07, 6.45) is 2.54. The second-order valence-electron chi connectivity index (χ2n) is 7.62. The highest BCUT2D eigenvalue weighted by atomic mass is 16.5. The van der Waals surface area contributed by atoms with E-state index in [1.807, 2.05) is 74.5 Å². The first-order valence-electron chi connectivity index (χ1n) is 10.7. The van der Waals surface area contributed by atoms with Crippen LogP contribution in [0.2, 0.25) is 0 Å². The first-order chi connectivity index (χ1) is 15.5. The van der Waals surface area contributed by atoms with Crippen molar-refractivity contribution in [3.05, 3.63) is 78.3 Å². The molecule has 7 heteroatoms. The Hall–Kier alpha value is -3.74. The highest BCUT2D eigenvalue weighted by Crippen LogP contribution is 2.17. The molecular formula is C25H30N4O3. The first-order valence-corrected chi connectivity index (χ1v) is 10.7. The monoisotopic (exact) mass is 434 g/mol.